The quantitative estimate of drug-likeness (QED) is 0.0222. The van der Waals surface area contributed by atoms with Gasteiger partial charge in [0.05, 0.1) is 26.4 Å². The Bertz CT molecular complexity index is 1910. The number of aliphatic hydroxyl groups is 1. The van der Waals surface area contributed by atoms with Crippen LogP contribution in [0.25, 0.3) is 0 Å². The lowest BCUT2D eigenvalue weighted by Gasteiger charge is -2.21. The number of hydrogen-bond donors (Lipinski definition) is 3. The third-order valence-electron chi connectivity index (χ3n) is 18.7. The molecule has 0 aromatic carbocycles. The molecule has 0 aromatic rings. The molecule has 0 saturated heterocycles. The number of carbonyl (C=O) groups is 4. The van der Waals surface area contributed by atoms with Crippen LogP contribution in [0.15, 0.2) is 0 Å². The van der Waals surface area contributed by atoms with Gasteiger partial charge < -0.3 is 33.8 Å². The minimum Gasteiger partial charge on any atom is -0.462 e. The molecule has 19 heteroatoms. The number of esters is 4. The van der Waals surface area contributed by atoms with E-state index in [1.807, 2.05) is 0 Å². The monoisotopic (exact) mass is 1450 g/mol. The third kappa shape index (κ3) is 74.1. The molecule has 17 nitrogen and oxygen atoms in total. The van der Waals surface area contributed by atoms with Crippen molar-refractivity contribution in [3.05, 3.63) is 0 Å². The van der Waals surface area contributed by atoms with Gasteiger partial charge in [-0.25, -0.2) is 9.13 Å². The van der Waals surface area contributed by atoms with Gasteiger partial charge in [-0.2, -0.15) is 0 Å². The van der Waals surface area contributed by atoms with Gasteiger partial charge in [0.1, 0.15) is 19.3 Å². The van der Waals surface area contributed by atoms with Gasteiger partial charge in [0.15, 0.2) is 12.2 Å². The maximum atomic E-state index is 13.1. The standard InChI is InChI=1S/C80H156O17P2/c1-7-9-11-13-15-17-19-21-22-23-24-29-32-38-44-50-56-62-77(82)90-68-75(96-80(85)65-59-53-47-40-34-30-26-25-28-31-36-42-48-54-60-72(3)4)70-94-98(86,87)92-66-74(81)67-93-99(88,89)95-71-76(69-91-78(83)63-57-51-45-41-35-37-43-49-55-61-73(5)6)97-79(84)64-58-52-46-39-33-27-20-18-16-14-12-10-8-2/h72-76,81H,7-71H2,1-6H3,(H,86,87)(H,88,89)/t74-,75-,76-/m1/s1. The lowest BCUT2D eigenvalue weighted by atomic mass is 10.0. The van der Waals surface area contributed by atoms with Gasteiger partial charge in [-0.15, -0.1) is 0 Å². The van der Waals surface area contributed by atoms with Crippen molar-refractivity contribution in [2.24, 2.45) is 11.8 Å². The van der Waals surface area contributed by atoms with E-state index < -0.39 is 97.5 Å². The molecule has 0 radical (unpaired) electrons. The highest BCUT2D eigenvalue weighted by Gasteiger charge is 2.30. The first-order chi connectivity index (χ1) is 47.9. The van der Waals surface area contributed by atoms with E-state index in [0.717, 1.165) is 102 Å². The van der Waals surface area contributed by atoms with Crippen LogP contribution in [0.2, 0.25) is 0 Å². The second-order valence-corrected chi connectivity index (χ2v) is 32.7. The Morgan fingerprint density at radius 2 is 0.465 bits per heavy atom. The van der Waals surface area contributed by atoms with Gasteiger partial charge in [0.25, 0.3) is 0 Å². The summed E-state index contributed by atoms with van der Waals surface area (Å²) in [5.74, 6) is -0.569. The molecular weight excluding hydrogens is 1290 g/mol. The molecule has 0 aliphatic heterocycles. The Morgan fingerprint density at radius 3 is 0.687 bits per heavy atom. The molecule has 0 rings (SSSR count). The van der Waals surface area contributed by atoms with Crippen molar-refractivity contribution < 1.29 is 80.2 Å². The summed E-state index contributed by atoms with van der Waals surface area (Å²) in [7, 11) is -9.92. The Hall–Kier alpha value is -1.94. The molecule has 0 heterocycles. The molecule has 0 aliphatic rings. The van der Waals surface area contributed by atoms with Crippen molar-refractivity contribution in [3.63, 3.8) is 0 Å². The second-order valence-electron chi connectivity index (χ2n) is 29.8. The van der Waals surface area contributed by atoms with E-state index in [9.17, 15) is 43.2 Å². The lowest BCUT2D eigenvalue weighted by Crippen LogP contribution is -2.30. The van der Waals surface area contributed by atoms with Gasteiger partial charge in [-0.3, -0.25) is 37.3 Å². The van der Waals surface area contributed by atoms with Crippen LogP contribution in [-0.2, 0) is 65.4 Å². The molecule has 3 N–H and O–H groups in total. The molecule has 5 atom stereocenters. The van der Waals surface area contributed by atoms with E-state index in [-0.39, 0.29) is 25.7 Å². The highest BCUT2D eigenvalue weighted by atomic mass is 31.2. The SMILES string of the molecule is CCCCCCCCCCCCCCCCCCCC(=O)OC[C@H](COP(=O)(O)OC[C@@H](O)COP(=O)(O)OC[C@@H](COC(=O)CCCCCCCCCCCC(C)C)OC(=O)CCCCCCCCCCCCCCC)OC(=O)CCCCCCCCCCCCCCCCC(C)C. The van der Waals surface area contributed by atoms with Crippen molar-refractivity contribution in [3.8, 4) is 0 Å². The number of phosphoric acid groups is 2. The maximum absolute atomic E-state index is 13.1. The van der Waals surface area contributed by atoms with Gasteiger partial charge in [0, 0.05) is 25.7 Å². The van der Waals surface area contributed by atoms with Gasteiger partial charge in [0.2, 0.25) is 0 Å². The van der Waals surface area contributed by atoms with E-state index in [4.69, 9.17) is 37.0 Å². The van der Waals surface area contributed by atoms with E-state index >= 15 is 0 Å². The number of hydrogen-bond acceptors (Lipinski definition) is 15. The molecule has 0 fully saturated rings. The Labute approximate surface area is 607 Å². The van der Waals surface area contributed by atoms with Crippen molar-refractivity contribution in [2.75, 3.05) is 39.6 Å². The summed E-state index contributed by atoms with van der Waals surface area (Å²) in [5, 5.41) is 10.6. The molecule has 0 bridgehead atoms. The average Bonchev–Trinajstić information content (AvgIpc) is 1.06. The first-order valence-corrected chi connectivity index (χ1v) is 44.5. The topological polar surface area (TPSA) is 237 Å². The van der Waals surface area contributed by atoms with E-state index in [1.165, 1.54) is 238 Å². The number of ether oxygens (including phenoxy) is 4. The Balaban J connectivity index is 5.26. The predicted octanol–water partition coefficient (Wildman–Crippen LogP) is 23.9. The number of unbranched alkanes of at least 4 members (excludes halogenated alkanes) is 49. The number of phosphoric ester groups is 2. The third-order valence-corrected chi connectivity index (χ3v) is 20.6. The molecular formula is C80H156O17P2. The number of rotatable bonds is 79. The van der Waals surface area contributed by atoms with Crippen molar-refractivity contribution in [2.45, 2.75) is 439 Å². The number of carbonyl (C=O) groups excluding carboxylic acids is 4. The summed E-state index contributed by atoms with van der Waals surface area (Å²) >= 11 is 0. The van der Waals surface area contributed by atoms with Gasteiger partial charge >= 0.3 is 39.5 Å². The van der Waals surface area contributed by atoms with Crippen LogP contribution in [-0.4, -0.2) is 96.7 Å². The average molecular weight is 1450 g/mol. The molecule has 0 aliphatic carbocycles. The fraction of sp³-hybridized carbons (Fsp3) is 0.950. The van der Waals surface area contributed by atoms with Crippen LogP contribution in [0.1, 0.15) is 420 Å². The summed E-state index contributed by atoms with van der Waals surface area (Å²) < 4.78 is 68.7. The number of aliphatic hydroxyl groups excluding tert-OH is 1. The molecule has 588 valence electrons. The molecule has 0 saturated carbocycles. The van der Waals surface area contributed by atoms with Gasteiger partial charge in [-0.1, -0.05) is 369 Å². The lowest BCUT2D eigenvalue weighted by molar-refractivity contribution is -0.161. The van der Waals surface area contributed by atoms with Crippen molar-refractivity contribution >= 4 is 39.5 Å². The first-order valence-electron chi connectivity index (χ1n) is 41.5. The second kappa shape index (κ2) is 71.7. The van der Waals surface area contributed by atoms with Crippen molar-refractivity contribution in [1.29, 1.82) is 0 Å². The smallest absolute Gasteiger partial charge is 0.462 e. The zero-order valence-corrected chi connectivity index (χ0v) is 66.6. The molecule has 0 spiro atoms. The molecule has 0 amide bonds. The highest BCUT2D eigenvalue weighted by Crippen LogP contribution is 2.45. The summed E-state index contributed by atoms with van der Waals surface area (Å²) in [6, 6.07) is 0. The summed E-state index contributed by atoms with van der Waals surface area (Å²) in [4.78, 5) is 73.0. The summed E-state index contributed by atoms with van der Waals surface area (Å²) in [6.45, 7) is 9.64. The van der Waals surface area contributed by atoms with Crippen LogP contribution in [0.5, 0.6) is 0 Å². The van der Waals surface area contributed by atoms with Crippen LogP contribution in [0.3, 0.4) is 0 Å². The minimum atomic E-state index is -4.96. The summed E-state index contributed by atoms with van der Waals surface area (Å²) in [6.07, 6.45) is 60.9. The van der Waals surface area contributed by atoms with Crippen molar-refractivity contribution in [1.82, 2.24) is 0 Å². The van der Waals surface area contributed by atoms with E-state index in [1.54, 1.807) is 0 Å². The summed E-state index contributed by atoms with van der Waals surface area (Å²) in [5.41, 5.74) is 0. The zero-order valence-electron chi connectivity index (χ0n) is 64.8. The van der Waals surface area contributed by atoms with Crippen LogP contribution in [0, 0.1) is 11.8 Å². The molecule has 99 heavy (non-hydrogen) atoms. The van der Waals surface area contributed by atoms with Gasteiger partial charge in [-0.05, 0) is 37.5 Å². The molecule has 0 aromatic heterocycles. The van der Waals surface area contributed by atoms with Crippen LogP contribution < -0.4 is 0 Å². The fourth-order valence-electron chi connectivity index (χ4n) is 12.4. The zero-order chi connectivity index (χ0) is 72.8. The van der Waals surface area contributed by atoms with E-state index in [0.29, 0.717) is 25.7 Å². The normalized spacial score (nSPS) is 13.9. The van der Waals surface area contributed by atoms with Crippen LogP contribution in [0.4, 0.5) is 0 Å². The predicted molar refractivity (Wildman–Crippen MR) is 405 cm³/mol. The molecule has 2 unspecified atom stereocenters. The fourth-order valence-corrected chi connectivity index (χ4v) is 13.9. The minimum absolute atomic E-state index is 0.107. The highest BCUT2D eigenvalue weighted by molar-refractivity contribution is 7.47. The largest absolute Gasteiger partial charge is 0.472 e. The van der Waals surface area contributed by atoms with Crippen LogP contribution >= 0.6 is 15.6 Å². The Morgan fingerprint density at radius 1 is 0.273 bits per heavy atom. The Kier molecular flexibility index (Phi) is 70.3. The van der Waals surface area contributed by atoms with E-state index in [2.05, 4.69) is 41.5 Å². The first kappa shape index (κ1) is 97.1. The maximum Gasteiger partial charge on any atom is 0.472 e.